The van der Waals surface area contributed by atoms with Crippen LogP contribution in [0.4, 0.5) is 0 Å². The van der Waals surface area contributed by atoms with Gasteiger partial charge in [0.15, 0.2) is 0 Å². The average Bonchev–Trinajstić information content (AvgIpc) is 2.83. The van der Waals surface area contributed by atoms with Crippen molar-refractivity contribution in [2.24, 2.45) is 0 Å². The molecule has 0 aliphatic carbocycles. The molecule has 1 saturated heterocycles. The first-order chi connectivity index (χ1) is 11.2. The van der Waals surface area contributed by atoms with Gasteiger partial charge in [0.05, 0.1) is 11.2 Å². The lowest BCUT2D eigenvalue weighted by atomic mass is 10.1. The van der Waals surface area contributed by atoms with Crippen molar-refractivity contribution in [3.05, 3.63) is 42.7 Å². The van der Waals surface area contributed by atoms with E-state index >= 15 is 0 Å². The van der Waals surface area contributed by atoms with Gasteiger partial charge in [0.25, 0.3) is 0 Å². The molecule has 2 aliphatic heterocycles. The molecule has 1 aromatic carbocycles. The number of sulfonamides is 1. The Labute approximate surface area is 138 Å². The fourth-order valence-corrected chi connectivity index (χ4v) is 4.61. The molecule has 0 unspecified atom stereocenters. The summed E-state index contributed by atoms with van der Waals surface area (Å²) in [5, 5.41) is 0. The van der Waals surface area contributed by atoms with E-state index < -0.39 is 10.0 Å². The molecule has 0 N–H and O–H groups in total. The Morgan fingerprint density at radius 2 is 1.91 bits per heavy atom. The molecule has 1 atom stereocenters. The van der Waals surface area contributed by atoms with Crippen LogP contribution in [-0.4, -0.2) is 56.5 Å². The highest BCUT2D eigenvalue weighted by Gasteiger charge is 2.27. The van der Waals surface area contributed by atoms with E-state index in [0.717, 1.165) is 38.9 Å². The lowest BCUT2D eigenvalue weighted by molar-refractivity contribution is 0.0809. The van der Waals surface area contributed by atoms with Crippen molar-refractivity contribution in [3.63, 3.8) is 0 Å². The molecule has 0 saturated carbocycles. The third kappa shape index (κ3) is 4.13. The minimum absolute atomic E-state index is 0.234. The smallest absolute Gasteiger partial charge is 0.243 e. The topological polar surface area (TPSA) is 49.9 Å². The summed E-state index contributed by atoms with van der Waals surface area (Å²) < 4.78 is 32.7. The van der Waals surface area contributed by atoms with Crippen LogP contribution in [0.3, 0.4) is 0 Å². The first-order valence-corrected chi connectivity index (χ1v) is 9.68. The van der Waals surface area contributed by atoms with Crippen LogP contribution in [-0.2, 0) is 14.8 Å². The molecular weight excluding hydrogens is 312 g/mol. The van der Waals surface area contributed by atoms with Crippen LogP contribution < -0.4 is 0 Å². The molecule has 1 aromatic rings. The van der Waals surface area contributed by atoms with Gasteiger partial charge in [-0.2, -0.15) is 4.31 Å². The van der Waals surface area contributed by atoms with Crippen molar-refractivity contribution in [3.8, 4) is 0 Å². The Hall–Kier alpha value is -1.37. The first kappa shape index (κ1) is 16.5. The highest BCUT2D eigenvalue weighted by atomic mass is 32.2. The SMILES string of the molecule is O=S(=O)(c1ccccc1)N1CCCN(C[C@@H]2CCC=CO2)CC1. The van der Waals surface area contributed by atoms with Gasteiger partial charge >= 0.3 is 0 Å². The fourth-order valence-electron chi connectivity index (χ4n) is 3.12. The van der Waals surface area contributed by atoms with Crippen molar-refractivity contribution in [2.75, 3.05) is 32.7 Å². The summed E-state index contributed by atoms with van der Waals surface area (Å²) in [4.78, 5) is 2.71. The molecule has 0 bridgehead atoms. The summed E-state index contributed by atoms with van der Waals surface area (Å²) in [5.74, 6) is 0. The van der Waals surface area contributed by atoms with Gasteiger partial charge in [-0.1, -0.05) is 18.2 Å². The second kappa shape index (κ2) is 7.47. The van der Waals surface area contributed by atoms with Crippen LogP contribution >= 0.6 is 0 Å². The van der Waals surface area contributed by atoms with E-state index in [1.54, 1.807) is 34.8 Å². The summed E-state index contributed by atoms with van der Waals surface area (Å²) in [5.41, 5.74) is 0. The number of hydrogen-bond acceptors (Lipinski definition) is 4. The van der Waals surface area contributed by atoms with Crippen molar-refractivity contribution < 1.29 is 13.2 Å². The highest BCUT2D eigenvalue weighted by molar-refractivity contribution is 7.89. The molecule has 0 spiro atoms. The van der Waals surface area contributed by atoms with Gasteiger partial charge in [0.1, 0.15) is 6.10 Å². The molecule has 1 fully saturated rings. The zero-order valence-electron chi connectivity index (χ0n) is 13.3. The van der Waals surface area contributed by atoms with Gasteiger partial charge in [-0.05, 0) is 44.0 Å². The summed E-state index contributed by atoms with van der Waals surface area (Å²) in [6.45, 7) is 3.68. The zero-order chi connectivity index (χ0) is 16.1. The normalized spacial score (nSPS) is 24.1. The van der Waals surface area contributed by atoms with E-state index in [1.165, 1.54) is 0 Å². The highest BCUT2D eigenvalue weighted by Crippen LogP contribution is 2.18. The number of rotatable bonds is 4. The Morgan fingerprint density at radius 3 is 2.65 bits per heavy atom. The second-order valence-electron chi connectivity index (χ2n) is 6.08. The standard InChI is InChI=1S/C17H24N2O3S/c20-23(21,17-8-2-1-3-9-17)19-11-6-10-18(12-13-19)15-16-7-4-5-14-22-16/h1-3,5,8-9,14,16H,4,6-7,10-13,15H2/t16-/m0/s1. The fraction of sp³-hybridized carbons (Fsp3) is 0.529. The third-order valence-electron chi connectivity index (χ3n) is 4.41. The molecule has 5 nitrogen and oxygen atoms in total. The molecule has 3 rings (SSSR count). The minimum Gasteiger partial charge on any atom is -0.497 e. The lowest BCUT2D eigenvalue weighted by Gasteiger charge is -2.27. The monoisotopic (exact) mass is 336 g/mol. The Balaban J connectivity index is 1.61. The molecule has 126 valence electrons. The number of ether oxygens (including phenoxy) is 1. The Bertz CT molecular complexity index is 630. The van der Waals surface area contributed by atoms with E-state index in [1.807, 2.05) is 12.1 Å². The number of benzene rings is 1. The molecule has 2 heterocycles. The maximum atomic E-state index is 12.7. The number of allylic oxidation sites excluding steroid dienone is 1. The van der Waals surface area contributed by atoms with Gasteiger partial charge in [-0.3, -0.25) is 4.90 Å². The molecule has 0 amide bonds. The van der Waals surface area contributed by atoms with Gasteiger partial charge in [-0.25, -0.2) is 8.42 Å². The predicted octanol–water partition coefficient (Wildman–Crippen LogP) is 2.08. The van der Waals surface area contributed by atoms with E-state index in [9.17, 15) is 8.42 Å². The molecular formula is C17H24N2O3S. The summed E-state index contributed by atoms with van der Waals surface area (Å²) >= 11 is 0. The van der Waals surface area contributed by atoms with Crippen molar-refractivity contribution in [1.82, 2.24) is 9.21 Å². The van der Waals surface area contributed by atoms with Crippen molar-refractivity contribution in [1.29, 1.82) is 0 Å². The van der Waals surface area contributed by atoms with Crippen LogP contribution in [0.1, 0.15) is 19.3 Å². The summed E-state index contributed by atoms with van der Waals surface area (Å²) in [7, 11) is -3.38. The largest absolute Gasteiger partial charge is 0.497 e. The number of hydrogen-bond donors (Lipinski definition) is 0. The van der Waals surface area contributed by atoms with Crippen LogP contribution in [0, 0.1) is 0 Å². The predicted molar refractivity (Wildman–Crippen MR) is 89.5 cm³/mol. The average molecular weight is 336 g/mol. The first-order valence-electron chi connectivity index (χ1n) is 8.24. The van der Waals surface area contributed by atoms with Crippen molar-refractivity contribution >= 4 is 10.0 Å². The molecule has 2 aliphatic rings. The van der Waals surface area contributed by atoms with Crippen LogP contribution in [0.5, 0.6) is 0 Å². The van der Waals surface area contributed by atoms with E-state index in [4.69, 9.17) is 4.74 Å². The Kier molecular flexibility index (Phi) is 5.35. The van der Waals surface area contributed by atoms with Gasteiger partial charge in [0.2, 0.25) is 10.0 Å². The van der Waals surface area contributed by atoms with E-state index in [2.05, 4.69) is 4.90 Å². The number of nitrogens with zero attached hydrogens (tertiary/aromatic N) is 2. The molecule has 23 heavy (non-hydrogen) atoms. The van der Waals surface area contributed by atoms with Gasteiger partial charge in [0, 0.05) is 26.2 Å². The zero-order valence-corrected chi connectivity index (χ0v) is 14.1. The summed E-state index contributed by atoms with van der Waals surface area (Å²) in [6, 6.07) is 8.71. The maximum Gasteiger partial charge on any atom is 0.243 e. The van der Waals surface area contributed by atoms with E-state index in [0.29, 0.717) is 18.0 Å². The maximum absolute atomic E-state index is 12.7. The molecule has 0 radical (unpaired) electrons. The lowest BCUT2D eigenvalue weighted by Crippen LogP contribution is -2.38. The van der Waals surface area contributed by atoms with Crippen LogP contribution in [0.2, 0.25) is 0 Å². The molecule has 0 aromatic heterocycles. The summed E-state index contributed by atoms with van der Waals surface area (Å²) in [6.07, 6.45) is 7.03. The van der Waals surface area contributed by atoms with Gasteiger partial charge < -0.3 is 4.74 Å². The van der Waals surface area contributed by atoms with Crippen molar-refractivity contribution in [2.45, 2.75) is 30.3 Å². The van der Waals surface area contributed by atoms with Crippen LogP contribution in [0.25, 0.3) is 0 Å². The van der Waals surface area contributed by atoms with Crippen LogP contribution in [0.15, 0.2) is 47.6 Å². The third-order valence-corrected chi connectivity index (χ3v) is 6.33. The minimum atomic E-state index is -3.38. The van der Waals surface area contributed by atoms with Gasteiger partial charge in [-0.15, -0.1) is 0 Å². The molecule has 6 heteroatoms. The van der Waals surface area contributed by atoms with E-state index in [-0.39, 0.29) is 6.10 Å². The second-order valence-corrected chi connectivity index (χ2v) is 8.02. The Morgan fingerprint density at radius 1 is 1.09 bits per heavy atom. The quantitative estimate of drug-likeness (QED) is 0.845.